The highest BCUT2D eigenvalue weighted by Gasteiger charge is 2.33. The van der Waals surface area contributed by atoms with Gasteiger partial charge in [0.15, 0.2) is 0 Å². The highest BCUT2D eigenvalue weighted by Crippen LogP contribution is 2.36. The number of alkyl halides is 3. The Morgan fingerprint density at radius 1 is 0.864 bits per heavy atom. The molecule has 1 heterocycles. The number of nitrogens with zero attached hydrogens (tertiary/aromatic N) is 1. The van der Waals surface area contributed by atoms with E-state index >= 15 is 0 Å². The Kier molecular flexibility index (Phi) is 13.2. The highest BCUT2D eigenvalue weighted by atomic mass is 19.4. The van der Waals surface area contributed by atoms with Crippen molar-refractivity contribution >= 4 is 28.6 Å². The summed E-state index contributed by atoms with van der Waals surface area (Å²) >= 11 is 0. The summed E-state index contributed by atoms with van der Waals surface area (Å²) in [5.41, 5.74) is 1.08. The van der Waals surface area contributed by atoms with Crippen LogP contribution in [-0.2, 0) is 20.4 Å². The molecule has 44 heavy (non-hydrogen) atoms. The summed E-state index contributed by atoms with van der Waals surface area (Å²) in [6.07, 6.45) is -3.16. The van der Waals surface area contributed by atoms with Gasteiger partial charge in [-0.1, -0.05) is 50.2 Å². The minimum absolute atomic E-state index is 0.0157. The van der Waals surface area contributed by atoms with E-state index < -0.39 is 17.7 Å². The number of carboxylic acids is 1. The second kappa shape index (κ2) is 16.8. The van der Waals surface area contributed by atoms with Crippen molar-refractivity contribution in [1.29, 1.82) is 0 Å². The maximum absolute atomic E-state index is 13.5. The van der Waals surface area contributed by atoms with Crippen molar-refractivity contribution in [2.45, 2.75) is 45.2 Å². The fraction of sp³-hybridized carbons (Fsp3) is 0.424. The van der Waals surface area contributed by atoms with E-state index in [1.807, 2.05) is 26.0 Å². The summed E-state index contributed by atoms with van der Waals surface area (Å²) in [5, 5.41) is 11.6. The van der Waals surface area contributed by atoms with Crippen molar-refractivity contribution in [2.24, 2.45) is 0 Å². The zero-order chi connectivity index (χ0) is 32.1. The number of aliphatic carboxylic acids is 1. The zero-order valence-electron chi connectivity index (χ0n) is 25.0. The second-order valence-corrected chi connectivity index (χ2v) is 10.0. The van der Waals surface area contributed by atoms with Crippen LogP contribution in [0.2, 0.25) is 0 Å². The van der Waals surface area contributed by atoms with Crippen LogP contribution in [0.4, 0.5) is 13.2 Å². The maximum atomic E-state index is 13.5. The first kappa shape index (κ1) is 34.5. The molecule has 1 aliphatic rings. The minimum atomic E-state index is -4.51. The molecular formula is C33H39F3N2O6. The van der Waals surface area contributed by atoms with Crippen LogP contribution in [0, 0.1) is 0 Å². The molecule has 1 aliphatic heterocycles. The van der Waals surface area contributed by atoms with E-state index in [9.17, 15) is 27.6 Å². The van der Waals surface area contributed by atoms with Crippen LogP contribution >= 0.6 is 0 Å². The Labute approximate surface area is 255 Å². The second-order valence-electron chi connectivity index (χ2n) is 10.0. The number of hydrogen-bond acceptors (Lipinski definition) is 5. The molecule has 0 aromatic heterocycles. The largest absolute Gasteiger partial charge is 0.481 e. The quantitative estimate of drug-likeness (QED) is 0.237. The smallest absolute Gasteiger partial charge is 0.417 e. The number of likely N-dealkylation sites (tertiary alicyclic amines) is 1. The van der Waals surface area contributed by atoms with Gasteiger partial charge < -0.3 is 24.8 Å². The minimum Gasteiger partial charge on any atom is -0.481 e. The average molecular weight is 617 g/mol. The SMILES string of the molecule is CC.O=C(O)CCOCCOCCNC(=O)c1ccc(C2CCN(C(=O)c3cccc4c(C(F)(F)F)cccc34)CC2)cc1. The summed E-state index contributed by atoms with van der Waals surface area (Å²) in [5.74, 6) is -1.23. The Balaban J connectivity index is 0.00000259. The fourth-order valence-corrected chi connectivity index (χ4v) is 5.06. The molecule has 3 aromatic carbocycles. The summed E-state index contributed by atoms with van der Waals surface area (Å²) in [4.78, 5) is 37.8. The van der Waals surface area contributed by atoms with Gasteiger partial charge in [0.1, 0.15) is 0 Å². The standard InChI is InChI=1S/C31H33F3N2O6.C2H6/c32-31(33,34)27-6-2-3-24-25(27)4-1-5-26(24)30(40)36-15-11-22(12-16-36)21-7-9-23(10-8-21)29(39)35-14-18-42-20-19-41-17-13-28(37)38;1-2/h1-10,22H,11-20H2,(H,35,39)(H,37,38);1-2H3. The average Bonchev–Trinajstić information content (AvgIpc) is 3.03. The van der Waals surface area contributed by atoms with Crippen molar-refractivity contribution in [3.63, 3.8) is 0 Å². The normalized spacial score (nSPS) is 13.7. The van der Waals surface area contributed by atoms with E-state index in [2.05, 4.69) is 5.32 Å². The van der Waals surface area contributed by atoms with E-state index in [-0.39, 0.29) is 48.3 Å². The molecule has 0 saturated carbocycles. The van der Waals surface area contributed by atoms with Gasteiger partial charge in [-0.3, -0.25) is 14.4 Å². The summed E-state index contributed by atoms with van der Waals surface area (Å²) in [6.45, 7) is 6.28. The van der Waals surface area contributed by atoms with E-state index in [1.165, 1.54) is 18.2 Å². The van der Waals surface area contributed by atoms with Gasteiger partial charge in [-0.25, -0.2) is 0 Å². The van der Waals surface area contributed by atoms with Gasteiger partial charge in [0, 0.05) is 30.8 Å². The molecule has 11 heteroatoms. The summed E-state index contributed by atoms with van der Waals surface area (Å²) in [7, 11) is 0. The number of amides is 2. The molecule has 8 nitrogen and oxygen atoms in total. The van der Waals surface area contributed by atoms with Gasteiger partial charge in [0.25, 0.3) is 11.8 Å². The Hall–Kier alpha value is -3.96. The monoisotopic (exact) mass is 616 g/mol. The Morgan fingerprint density at radius 2 is 1.48 bits per heavy atom. The van der Waals surface area contributed by atoms with Crippen LogP contribution in [0.3, 0.4) is 0 Å². The number of carboxylic acid groups (broad SMARTS) is 1. The van der Waals surface area contributed by atoms with Gasteiger partial charge >= 0.3 is 12.1 Å². The first-order valence-corrected chi connectivity index (χ1v) is 14.8. The van der Waals surface area contributed by atoms with Gasteiger partial charge in [0.2, 0.25) is 0 Å². The van der Waals surface area contributed by atoms with E-state index in [4.69, 9.17) is 14.6 Å². The number of carbonyl (C=O) groups excluding carboxylic acids is 2. The third-order valence-electron chi connectivity index (χ3n) is 7.25. The molecule has 0 aliphatic carbocycles. The van der Waals surface area contributed by atoms with Gasteiger partial charge in [-0.05, 0) is 59.4 Å². The predicted molar refractivity (Wildman–Crippen MR) is 161 cm³/mol. The van der Waals surface area contributed by atoms with E-state index in [0.717, 1.165) is 11.6 Å². The molecule has 238 valence electrons. The van der Waals surface area contributed by atoms with Crippen molar-refractivity contribution in [3.8, 4) is 0 Å². The number of piperidine rings is 1. The number of fused-ring (bicyclic) bond motifs is 1. The van der Waals surface area contributed by atoms with Crippen LogP contribution in [-0.4, -0.2) is 73.9 Å². The molecular weight excluding hydrogens is 577 g/mol. The first-order chi connectivity index (χ1) is 21.1. The fourth-order valence-electron chi connectivity index (χ4n) is 5.06. The maximum Gasteiger partial charge on any atom is 0.417 e. The van der Waals surface area contributed by atoms with Crippen molar-refractivity contribution < 1.29 is 42.1 Å². The third-order valence-corrected chi connectivity index (χ3v) is 7.25. The molecule has 0 radical (unpaired) electrons. The number of benzene rings is 3. The number of halogens is 3. The molecule has 1 saturated heterocycles. The topological polar surface area (TPSA) is 105 Å². The predicted octanol–water partition coefficient (Wildman–Crippen LogP) is 6.14. The Morgan fingerprint density at radius 3 is 2.11 bits per heavy atom. The van der Waals surface area contributed by atoms with Crippen molar-refractivity contribution in [2.75, 3.05) is 46.1 Å². The summed E-state index contributed by atoms with van der Waals surface area (Å²) in [6, 6.07) is 15.7. The lowest BCUT2D eigenvalue weighted by Gasteiger charge is -2.32. The molecule has 3 aromatic rings. The number of carbonyl (C=O) groups is 3. The van der Waals surface area contributed by atoms with Crippen LogP contribution in [0.25, 0.3) is 10.8 Å². The lowest BCUT2D eigenvalue weighted by molar-refractivity contribution is -0.138. The lowest BCUT2D eigenvalue weighted by atomic mass is 9.88. The van der Waals surface area contributed by atoms with Gasteiger partial charge in [0.05, 0.1) is 38.4 Å². The van der Waals surface area contributed by atoms with Crippen LogP contribution < -0.4 is 5.32 Å². The van der Waals surface area contributed by atoms with Gasteiger partial charge in [-0.2, -0.15) is 13.2 Å². The molecule has 4 rings (SSSR count). The molecule has 1 fully saturated rings. The van der Waals surface area contributed by atoms with Gasteiger partial charge in [-0.15, -0.1) is 0 Å². The Bertz CT molecular complexity index is 1390. The molecule has 0 spiro atoms. The lowest BCUT2D eigenvalue weighted by Crippen LogP contribution is -2.38. The zero-order valence-corrected chi connectivity index (χ0v) is 25.0. The van der Waals surface area contributed by atoms with Crippen molar-refractivity contribution in [1.82, 2.24) is 10.2 Å². The molecule has 0 atom stereocenters. The molecule has 0 bridgehead atoms. The number of ether oxygens (including phenoxy) is 2. The highest BCUT2D eigenvalue weighted by molar-refractivity contribution is 6.07. The van der Waals surface area contributed by atoms with E-state index in [0.29, 0.717) is 56.6 Å². The summed E-state index contributed by atoms with van der Waals surface area (Å²) < 4.78 is 50.9. The number of rotatable bonds is 12. The third kappa shape index (κ3) is 9.52. The van der Waals surface area contributed by atoms with Crippen LogP contribution in [0.15, 0.2) is 60.7 Å². The van der Waals surface area contributed by atoms with Crippen LogP contribution in [0.1, 0.15) is 70.9 Å². The van der Waals surface area contributed by atoms with Crippen LogP contribution in [0.5, 0.6) is 0 Å². The van der Waals surface area contributed by atoms with Crippen molar-refractivity contribution in [3.05, 3.63) is 82.9 Å². The molecule has 0 unspecified atom stereocenters. The number of hydrogen-bond donors (Lipinski definition) is 2. The molecule has 2 amide bonds. The van der Waals surface area contributed by atoms with E-state index in [1.54, 1.807) is 29.2 Å². The first-order valence-electron chi connectivity index (χ1n) is 14.8. The molecule has 2 N–H and O–H groups in total. The number of nitrogens with one attached hydrogen (secondary N) is 1.